The number of benzene rings is 1. The van der Waals surface area contributed by atoms with Crippen molar-refractivity contribution >= 4 is 27.7 Å². The maximum atomic E-state index is 12.5. The molecule has 1 aromatic heterocycles. The van der Waals surface area contributed by atoms with E-state index in [9.17, 15) is 9.59 Å². The molecule has 0 aliphatic heterocycles. The minimum Gasteiger partial charge on any atom is -0.368 e. The molecule has 1 aliphatic rings. The number of amides is 2. The molecule has 0 bridgehead atoms. The maximum absolute atomic E-state index is 12.5. The number of nitrogens with two attached hydrogens (primary N) is 1. The van der Waals surface area contributed by atoms with Crippen LogP contribution >= 0.6 is 15.9 Å². The van der Waals surface area contributed by atoms with Gasteiger partial charge in [0, 0.05) is 15.7 Å². The van der Waals surface area contributed by atoms with Crippen LogP contribution in [0, 0.1) is 0 Å². The molecule has 0 radical (unpaired) electrons. The van der Waals surface area contributed by atoms with Crippen molar-refractivity contribution in [3.63, 3.8) is 0 Å². The van der Waals surface area contributed by atoms with E-state index in [0.717, 1.165) is 47.1 Å². The van der Waals surface area contributed by atoms with Gasteiger partial charge in [0.2, 0.25) is 5.91 Å². The summed E-state index contributed by atoms with van der Waals surface area (Å²) in [5.74, 6) is -0.917. The third-order valence-electron chi connectivity index (χ3n) is 4.24. The lowest BCUT2D eigenvalue weighted by Gasteiger charge is -2.14. The van der Waals surface area contributed by atoms with E-state index in [1.165, 1.54) is 0 Å². The molecule has 0 saturated heterocycles. The van der Waals surface area contributed by atoms with Crippen LogP contribution in [0.3, 0.4) is 0 Å². The molecule has 24 heavy (non-hydrogen) atoms. The number of primary amides is 1. The van der Waals surface area contributed by atoms with Crippen molar-refractivity contribution in [2.24, 2.45) is 5.73 Å². The van der Waals surface area contributed by atoms with Crippen LogP contribution in [0.4, 0.5) is 0 Å². The molecule has 3 rings (SSSR count). The first kappa shape index (κ1) is 16.7. The number of carbonyl (C=O) groups is 2. The van der Waals surface area contributed by atoms with E-state index in [0.29, 0.717) is 5.69 Å². The van der Waals surface area contributed by atoms with Gasteiger partial charge in [-0.2, -0.15) is 5.10 Å². The highest BCUT2D eigenvalue weighted by Crippen LogP contribution is 2.27. The Morgan fingerprint density at radius 3 is 2.58 bits per heavy atom. The predicted octanol–water partition coefficient (Wildman–Crippen LogP) is 2.12. The number of hydrogen-bond acceptors (Lipinski definition) is 3. The summed E-state index contributed by atoms with van der Waals surface area (Å²) in [6.45, 7) is 1.57. The Morgan fingerprint density at radius 2 is 1.92 bits per heavy atom. The van der Waals surface area contributed by atoms with Gasteiger partial charge in [0.05, 0.1) is 5.69 Å². The highest BCUT2D eigenvalue weighted by atomic mass is 79.9. The van der Waals surface area contributed by atoms with Gasteiger partial charge in [0.15, 0.2) is 5.69 Å². The lowest BCUT2D eigenvalue weighted by atomic mass is 9.95. The van der Waals surface area contributed by atoms with Crippen LogP contribution in [0.15, 0.2) is 28.7 Å². The number of nitrogens with one attached hydrogen (secondary N) is 1. The van der Waals surface area contributed by atoms with E-state index < -0.39 is 11.9 Å². The van der Waals surface area contributed by atoms with Crippen LogP contribution < -0.4 is 11.1 Å². The fourth-order valence-corrected chi connectivity index (χ4v) is 3.18. The van der Waals surface area contributed by atoms with Crippen molar-refractivity contribution in [3.05, 3.63) is 45.7 Å². The van der Waals surface area contributed by atoms with E-state index in [4.69, 9.17) is 5.73 Å². The third kappa shape index (κ3) is 3.21. The van der Waals surface area contributed by atoms with Crippen molar-refractivity contribution in [2.45, 2.75) is 38.6 Å². The van der Waals surface area contributed by atoms with Crippen LogP contribution in [-0.2, 0) is 17.6 Å². The summed E-state index contributed by atoms with van der Waals surface area (Å²) in [6.07, 6.45) is 3.81. The molecule has 1 aliphatic carbocycles. The van der Waals surface area contributed by atoms with E-state index in [1.807, 2.05) is 28.9 Å². The summed E-state index contributed by atoms with van der Waals surface area (Å²) in [7, 11) is 0. The van der Waals surface area contributed by atoms with Crippen molar-refractivity contribution in [3.8, 4) is 5.69 Å². The molecule has 6 nitrogen and oxygen atoms in total. The molecule has 1 aromatic carbocycles. The van der Waals surface area contributed by atoms with Gasteiger partial charge in [0.1, 0.15) is 6.04 Å². The standard InChI is InChI=1S/C17H19BrN4O2/c1-10(16(19)23)20-17(24)15-13-4-2-3-5-14(13)22(21-15)12-8-6-11(18)7-9-12/h6-10H,2-5H2,1H3,(H2,19,23)(H,20,24). The number of rotatable bonds is 4. The Kier molecular flexibility index (Phi) is 4.71. The summed E-state index contributed by atoms with van der Waals surface area (Å²) in [5, 5.41) is 7.16. The predicted molar refractivity (Wildman–Crippen MR) is 94.0 cm³/mol. The molecule has 2 amide bonds. The van der Waals surface area contributed by atoms with E-state index in [1.54, 1.807) is 6.92 Å². The number of hydrogen-bond donors (Lipinski definition) is 2. The molecular formula is C17H19BrN4O2. The molecule has 0 saturated carbocycles. The summed E-state index contributed by atoms with van der Waals surface area (Å²) in [6, 6.07) is 7.08. The molecule has 7 heteroatoms. The van der Waals surface area contributed by atoms with Crippen molar-refractivity contribution in [1.29, 1.82) is 0 Å². The number of aromatic nitrogens is 2. The van der Waals surface area contributed by atoms with E-state index in [-0.39, 0.29) is 5.91 Å². The molecule has 126 valence electrons. The monoisotopic (exact) mass is 390 g/mol. The molecule has 1 atom stereocenters. The SMILES string of the molecule is CC(NC(=O)c1nn(-c2ccc(Br)cc2)c2c1CCCC2)C(N)=O. The van der Waals surface area contributed by atoms with Gasteiger partial charge >= 0.3 is 0 Å². The van der Waals surface area contributed by atoms with Gasteiger partial charge in [-0.3, -0.25) is 9.59 Å². The van der Waals surface area contributed by atoms with Gasteiger partial charge in [-0.25, -0.2) is 4.68 Å². The Labute approximate surface area is 148 Å². The zero-order chi connectivity index (χ0) is 17.3. The van der Waals surface area contributed by atoms with Gasteiger partial charge < -0.3 is 11.1 Å². The van der Waals surface area contributed by atoms with E-state index in [2.05, 4.69) is 26.3 Å². The second-order valence-electron chi connectivity index (χ2n) is 5.97. The zero-order valence-corrected chi connectivity index (χ0v) is 15.0. The minimum absolute atomic E-state index is 0.352. The van der Waals surface area contributed by atoms with Crippen LogP contribution in [0.1, 0.15) is 41.5 Å². The molecule has 1 heterocycles. The second-order valence-corrected chi connectivity index (χ2v) is 6.88. The normalized spacial score (nSPS) is 14.8. The van der Waals surface area contributed by atoms with E-state index >= 15 is 0 Å². The van der Waals surface area contributed by atoms with Crippen molar-refractivity contribution < 1.29 is 9.59 Å². The Hall–Kier alpha value is -2.15. The Balaban J connectivity index is 2.00. The largest absolute Gasteiger partial charge is 0.368 e. The number of carbonyl (C=O) groups excluding carboxylic acids is 2. The summed E-state index contributed by atoms with van der Waals surface area (Å²) in [4.78, 5) is 23.7. The number of fused-ring (bicyclic) bond motifs is 1. The van der Waals surface area contributed by atoms with Crippen LogP contribution in [0.25, 0.3) is 5.69 Å². The molecule has 0 spiro atoms. The molecular weight excluding hydrogens is 372 g/mol. The summed E-state index contributed by atoms with van der Waals surface area (Å²) < 4.78 is 2.82. The van der Waals surface area contributed by atoms with Gasteiger partial charge in [-0.05, 0) is 56.9 Å². The molecule has 3 N–H and O–H groups in total. The lowest BCUT2D eigenvalue weighted by molar-refractivity contribution is -0.119. The maximum Gasteiger partial charge on any atom is 0.272 e. The Morgan fingerprint density at radius 1 is 1.25 bits per heavy atom. The van der Waals surface area contributed by atoms with Crippen LogP contribution in [0.2, 0.25) is 0 Å². The number of halogens is 1. The van der Waals surface area contributed by atoms with Crippen molar-refractivity contribution in [1.82, 2.24) is 15.1 Å². The summed E-state index contributed by atoms with van der Waals surface area (Å²) >= 11 is 3.42. The third-order valence-corrected chi connectivity index (χ3v) is 4.77. The molecule has 1 unspecified atom stereocenters. The first-order valence-electron chi connectivity index (χ1n) is 7.94. The smallest absolute Gasteiger partial charge is 0.272 e. The van der Waals surface area contributed by atoms with Crippen LogP contribution in [0.5, 0.6) is 0 Å². The molecule has 2 aromatic rings. The fourth-order valence-electron chi connectivity index (χ4n) is 2.91. The Bertz CT molecular complexity index is 783. The second kappa shape index (κ2) is 6.76. The van der Waals surface area contributed by atoms with Crippen molar-refractivity contribution in [2.75, 3.05) is 0 Å². The van der Waals surface area contributed by atoms with Gasteiger partial charge in [0.25, 0.3) is 5.91 Å². The molecule has 0 fully saturated rings. The van der Waals surface area contributed by atoms with Gasteiger partial charge in [-0.15, -0.1) is 0 Å². The first-order chi connectivity index (χ1) is 11.5. The quantitative estimate of drug-likeness (QED) is 0.837. The summed E-state index contributed by atoms with van der Waals surface area (Å²) in [5.41, 5.74) is 8.57. The topological polar surface area (TPSA) is 90.0 Å². The van der Waals surface area contributed by atoms with Crippen LogP contribution in [-0.4, -0.2) is 27.6 Å². The highest BCUT2D eigenvalue weighted by molar-refractivity contribution is 9.10. The lowest BCUT2D eigenvalue weighted by Crippen LogP contribution is -2.42. The average molecular weight is 391 g/mol. The minimum atomic E-state index is -0.727. The fraction of sp³-hybridized carbons (Fsp3) is 0.353. The zero-order valence-electron chi connectivity index (χ0n) is 13.4. The number of nitrogens with zero attached hydrogens (tertiary/aromatic N) is 2. The average Bonchev–Trinajstić information content (AvgIpc) is 2.95. The van der Waals surface area contributed by atoms with Gasteiger partial charge in [-0.1, -0.05) is 15.9 Å². The first-order valence-corrected chi connectivity index (χ1v) is 8.73. The highest BCUT2D eigenvalue weighted by Gasteiger charge is 2.26.